The number of imide groups is 1. The number of anilines is 2. The van der Waals surface area contributed by atoms with E-state index in [1.807, 2.05) is 72.6 Å². The smallest absolute Gasteiger partial charge is 0.482 e. The Morgan fingerprint density at radius 1 is 0.854 bits per heavy atom. The molecular weight excluding hydrogens is 659 g/mol. The molecule has 0 aromatic heterocycles. The summed E-state index contributed by atoms with van der Waals surface area (Å²) < 4.78 is 36.7. The number of carbonyl (C=O) groups is 3. The van der Waals surface area contributed by atoms with E-state index in [0.717, 1.165) is 34.3 Å². The number of rotatable bonds is 14. The van der Waals surface area contributed by atoms with Gasteiger partial charge < -0.3 is 19.0 Å². The van der Waals surface area contributed by atoms with Gasteiger partial charge in [0.25, 0.3) is 11.8 Å². The van der Waals surface area contributed by atoms with E-state index in [0.29, 0.717) is 21.3 Å². The van der Waals surface area contributed by atoms with Crippen molar-refractivity contribution in [3.05, 3.63) is 89.0 Å². The summed E-state index contributed by atoms with van der Waals surface area (Å²) in [6.07, 6.45) is -0.168. The van der Waals surface area contributed by atoms with Crippen LogP contribution in [0.1, 0.15) is 36.8 Å². The van der Waals surface area contributed by atoms with E-state index in [-0.39, 0.29) is 44.0 Å². The summed E-state index contributed by atoms with van der Waals surface area (Å²) in [6.45, 7) is -0.998. The number of nitrogens with zero attached hydrogens (tertiary/aromatic N) is 4. The Kier molecular flexibility index (Phi) is 11.2. The van der Waals surface area contributed by atoms with E-state index in [1.165, 1.54) is 0 Å². The first-order valence-corrected chi connectivity index (χ1v) is 17.0. The summed E-state index contributed by atoms with van der Waals surface area (Å²) in [6, 6.07) is 25.7. The third kappa shape index (κ3) is 8.05. The predicted octanol–water partition coefficient (Wildman–Crippen LogP) is 6.25. The molecule has 0 aliphatic carbocycles. The minimum Gasteiger partial charge on any atom is -0.482 e. The number of thioether (sulfide) groups is 1. The summed E-state index contributed by atoms with van der Waals surface area (Å²) >= 11 is 1.13. The summed E-state index contributed by atoms with van der Waals surface area (Å²) in [4.78, 5) is 43.1. The Morgan fingerprint density at radius 2 is 1.40 bits per heavy atom. The summed E-state index contributed by atoms with van der Waals surface area (Å²) in [5.41, 5.74) is 3.93. The zero-order valence-electron chi connectivity index (χ0n) is 25.7. The zero-order valence-corrected chi connectivity index (χ0v) is 27.4. The molecule has 0 bridgehead atoms. The average molecular weight is 689 g/mol. The highest BCUT2D eigenvalue weighted by atomic mass is 32.2. The maximum Gasteiger partial charge on any atom is 0.530 e. The highest BCUT2D eigenvalue weighted by molar-refractivity contribution is 8.03. The van der Waals surface area contributed by atoms with Crippen molar-refractivity contribution >= 4 is 54.3 Å². The molecule has 0 spiro atoms. The van der Waals surface area contributed by atoms with Crippen molar-refractivity contribution in [2.45, 2.75) is 30.6 Å². The van der Waals surface area contributed by atoms with E-state index < -0.39 is 32.2 Å². The first-order valence-electron chi connectivity index (χ1n) is 14.7. The van der Waals surface area contributed by atoms with Crippen molar-refractivity contribution in [3.63, 3.8) is 0 Å². The Balaban J connectivity index is 1.46. The molecule has 1 saturated heterocycles. The van der Waals surface area contributed by atoms with Gasteiger partial charge >= 0.3 is 13.8 Å². The predicted molar refractivity (Wildman–Crippen MR) is 173 cm³/mol. The number of hydrogen-bond acceptors (Lipinski definition) is 13. The SMILES string of the molecule is CN1c2ccccc2C(=C(OP(=O)(OCCC#N)OCCC#N)Sc2ccc(OCC(=O)ON3C(=O)CCC3=O)cc2)c2ccccc21. The second-order valence-electron chi connectivity index (χ2n) is 10.2. The maximum atomic E-state index is 14.0. The van der Waals surface area contributed by atoms with Crippen molar-refractivity contribution < 1.29 is 42.1 Å². The van der Waals surface area contributed by atoms with Gasteiger partial charge in [0.2, 0.25) is 0 Å². The van der Waals surface area contributed by atoms with Crippen molar-refractivity contribution in [1.82, 2.24) is 5.06 Å². The molecule has 0 radical (unpaired) electrons. The fraction of sp³-hybridized carbons (Fsp3) is 0.242. The molecule has 3 aromatic rings. The van der Waals surface area contributed by atoms with E-state index in [4.69, 9.17) is 33.7 Å². The number of fused-ring (bicyclic) bond motifs is 2. The average Bonchev–Trinajstić information content (AvgIpc) is 3.40. The van der Waals surface area contributed by atoms with Crippen molar-refractivity contribution in [2.75, 3.05) is 31.8 Å². The van der Waals surface area contributed by atoms with E-state index >= 15 is 0 Å². The van der Waals surface area contributed by atoms with Gasteiger partial charge in [0, 0.05) is 52.9 Å². The van der Waals surface area contributed by atoms with Gasteiger partial charge in [-0.25, -0.2) is 9.36 Å². The van der Waals surface area contributed by atoms with Crippen LogP contribution in [0.5, 0.6) is 5.75 Å². The van der Waals surface area contributed by atoms with Crippen LogP contribution in [0.25, 0.3) is 5.57 Å². The molecule has 13 nitrogen and oxygen atoms in total. The molecule has 2 aliphatic rings. The Morgan fingerprint density at radius 3 is 1.94 bits per heavy atom. The van der Waals surface area contributed by atoms with Crippen LogP contribution in [0.4, 0.5) is 11.4 Å². The Bertz CT molecular complexity index is 1780. The zero-order chi connectivity index (χ0) is 34.1. The summed E-state index contributed by atoms with van der Waals surface area (Å²) in [5.74, 6) is -1.80. The van der Waals surface area contributed by atoms with Gasteiger partial charge in [0.05, 0.1) is 38.2 Å². The molecule has 15 heteroatoms. The maximum absolute atomic E-state index is 14.0. The van der Waals surface area contributed by atoms with Crippen molar-refractivity contribution in [1.29, 1.82) is 10.5 Å². The molecular formula is C33H29N4O9PS. The number of para-hydroxylation sites is 2. The van der Waals surface area contributed by atoms with E-state index in [9.17, 15) is 18.9 Å². The number of phosphoric ester groups is 1. The van der Waals surface area contributed by atoms with Gasteiger partial charge in [-0.3, -0.25) is 18.6 Å². The monoisotopic (exact) mass is 688 g/mol. The van der Waals surface area contributed by atoms with Crippen molar-refractivity contribution in [2.24, 2.45) is 0 Å². The van der Waals surface area contributed by atoms with Gasteiger partial charge in [-0.2, -0.15) is 10.5 Å². The lowest BCUT2D eigenvalue weighted by Gasteiger charge is -2.33. The standard InChI is InChI=1S/C33H29N4O9PS/c1-36-27-10-4-2-8-25(27)32(26-9-3-5-11-28(26)36)33(46-47(41,43-20-6-18-34)44-21-7-19-35)48-24-14-12-23(13-15-24)42-22-31(40)45-37-29(38)16-17-30(37)39/h2-5,8-15H,6-7,16-17,20-22H2,1H3. The second-order valence-corrected chi connectivity index (χ2v) is 12.8. The van der Waals surface area contributed by atoms with Crippen LogP contribution in [-0.2, 0) is 37.4 Å². The first-order chi connectivity index (χ1) is 23.2. The molecule has 2 amide bonds. The first kappa shape index (κ1) is 34.2. The van der Waals surface area contributed by atoms with Crippen LogP contribution >= 0.6 is 19.6 Å². The highest BCUT2D eigenvalue weighted by Gasteiger charge is 2.35. The normalized spacial score (nSPS) is 13.7. The molecule has 0 saturated carbocycles. The third-order valence-corrected chi connectivity index (χ3v) is 9.49. The number of benzene rings is 3. The summed E-state index contributed by atoms with van der Waals surface area (Å²) in [5, 5.41) is 18.7. The Labute approximate surface area is 280 Å². The largest absolute Gasteiger partial charge is 0.530 e. The number of phosphoric acid groups is 1. The lowest BCUT2D eigenvalue weighted by molar-refractivity contribution is -0.198. The number of amides is 2. The summed E-state index contributed by atoms with van der Waals surface area (Å²) in [7, 11) is -2.41. The minimum atomic E-state index is -4.35. The lowest BCUT2D eigenvalue weighted by atomic mass is 9.91. The van der Waals surface area contributed by atoms with Crippen LogP contribution in [0.3, 0.4) is 0 Å². The fourth-order valence-corrected chi connectivity index (χ4v) is 7.14. The van der Waals surface area contributed by atoms with Crippen LogP contribution in [-0.4, -0.2) is 49.7 Å². The molecule has 1 fully saturated rings. The van der Waals surface area contributed by atoms with Crippen LogP contribution in [0, 0.1) is 22.7 Å². The molecule has 5 rings (SSSR count). The quantitative estimate of drug-likeness (QED) is 0.0613. The molecule has 246 valence electrons. The van der Waals surface area contributed by atoms with Crippen molar-refractivity contribution in [3.8, 4) is 17.9 Å². The van der Waals surface area contributed by atoms with Crippen LogP contribution < -0.4 is 9.64 Å². The molecule has 48 heavy (non-hydrogen) atoms. The second kappa shape index (κ2) is 15.7. The molecule has 2 heterocycles. The third-order valence-electron chi connectivity index (χ3n) is 6.98. The van der Waals surface area contributed by atoms with E-state index in [1.54, 1.807) is 24.3 Å². The van der Waals surface area contributed by atoms with E-state index in [2.05, 4.69) is 0 Å². The lowest BCUT2D eigenvalue weighted by Crippen LogP contribution is -2.33. The van der Waals surface area contributed by atoms with Gasteiger partial charge in [-0.1, -0.05) is 48.2 Å². The van der Waals surface area contributed by atoms with Gasteiger partial charge in [0.1, 0.15) is 5.75 Å². The molecule has 0 N–H and O–H groups in total. The van der Waals surface area contributed by atoms with Gasteiger partial charge in [-0.05, 0) is 36.4 Å². The number of hydrogen-bond donors (Lipinski definition) is 0. The minimum absolute atomic E-state index is 0.0186. The number of hydroxylamine groups is 2. The molecule has 0 atom stereocenters. The molecule has 3 aromatic carbocycles. The molecule has 0 unspecified atom stereocenters. The van der Waals surface area contributed by atoms with Crippen LogP contribution in [0.15, 0.2) is 82.8 Å². The number of carbonyl (C=O) groups excluding carboxylic acids is 3. The van der Waals surface area contributed by atoms with Crippen LogP contribution in [0.2, 0.25) is 0 Å². The topological polar surface area (TPSA) is 168 Å². The van der Waals surface area contributed by atoms with Gasteiger partial charge in [-0.15, -0.1) is 5.06 Å². The number of nitriles is 2. The van der Waals surface area contributed by atoms with Gasteiger partial charge in [0.15, 0.2) is 11.7 Å². The highest BCUT2D eigenvalue weighted by Crippen LogP contribution is 2.57. The molecule has 2 aliphatic heterocycles. The fourth-order valence-electron chi connectivity index (χ4n) is 4.80. The number of ether oxygens (including phenoxy) is 1. The Hall–Kier alpha value is -5.11.